The first-order valence-corrected chi connectivity index (χ1v) is 8.69. The van der Waals surface area contributed by atoms with Gasteiger partial charge in [-0.05, 0) is 39.0 Å². The molecule has 1 saturated heterocycles. The monoisotopic (exact) mass is 345 g/mol. The zero-order valence-corrected chi connectivity index (χ0v) is 15.5. The Morgan fingerprint density at radius 1 is 1.36 bits per heavy atom. The van der Waals surface area contributed by atoms with Gasteiger partial charge in [0.15, 0.2) is 0 Å². The number of phenols is 1. The average molecular weight is 345 g/mol. The summed E-state index contributed by atoms with van der Waals surface area (Å²) in [7, 11) is 3.62. The minimum Gasteiger partial charge on any atom is -0.508 e. The SMILES string of the molecule is COC1CN(C(C)C)CC1NC(=O)c1c(C)n(C)c2ccc(O)cc12. The maximum Gasteiger partial charge on any atom is 0.254 e. The lowest BCUT2D eigenvalue weighted by Gasteiger charge is -2.20. The van der Waals surface area contributed by atoms with Crippen LogP contribution in [0.2, 0.25) is 0 Å². The van der Waals surface area contributed by atoms with E-state index in [1.54, 1.807) is 19.2 Å². The van der Waals surface area contributed by atoms with E-state index in [-0.39, 0.29) is 23.8 Å². The van der Waals surface area contributed by atoms with Crippen LogP contribution in [-0.4, -0.2) is 58.9 Å². The molecule has 136 valence electrons. The number of carbonyl (C=O) groups is 1. The highest BCUT2D eigenvalue weighted by Crippen LogP contribution is 2.28. The Bertz CT molecular complexity index is 797. The first kappa shape index (κ1) is 17.8. The summed E-state index contributed by atoms with van der Waals surface area (Å²) < 4.78 is 7.56. The maximum absolute atomic E-state index is 13.0. The molecule has 2 atom stereocenters. The number of benzene rings is 1. The molecule has 1 aliphatic rings. The number of nitrogens with zero attached hydrogens (tertiary/aromatic N) is 2. The predicted molar refractivity (Wildman–Crippen MR) is 98.1 cm³/mol. The zero-order valence-electron chi connectivity index (χ0n) is 15.5. The van der Waals surface area contributed by atoms with Crippen LogP contribution in [0.1, 0.15) is 29.9 Å². The van der Waals surface area contributed by atoms with Crippen molar-refractivity contribution in [2.75, 3.05) is 20.2 Å². The molecule has 6 heteroatoms. The molecule has 0 spiro atoms. The van der Waals surface area contributed by atoms with Gasteiger partial charge in [0.1, 0.15) is 5.75 Å². The first-order valence-electron chi connectivity index (χ1n) is 8.69. The number of aromatic hydroxyl groups is 1. The molecule has 2 heterocycles. The van der Waals surface area contributed by atoms with Crippen LogP contribution >= 0.6 is 0 Å². The van der Waals surface area contributed by atoms with Crippen molar-refractivity contribution < 1.29 is 14.6 Å². The Balaban J connectivity index is 1.90. The molecule has 1 amide bonds. The van der Waals surface area contributed by atoms with Gasteiger partial charge in [0, 0.05) is 49.9 Å². The van der Waals surface area contributed by atoms with Gasteiger partial charge in [0.05, 0.1) is 17.7 Å². The van der Waals surface area contributed by atoms with Crippen molar-refractivity contribution in [1.82, 2.24) is 14.8 Å². The van der Waals surface area contributed by atoms with E-state index in [2.05, 4.69) is 24.1 Å². The van der Waals surface area contributed by atoms with Gasteiger partial charge in [-0.1, -0.05) is 0 Å². The van der Waals surface area contributed by atoms with Crippen LogP contribution in [0.15, 0.2) is 18.2 Å². The fraction of sp³-hybridized carbons (Fsp3) is 0.526. The molecule has 0 bridgehead atoms. The zero-order chi connectivity index (χ0) is 18.3. The van der Waals surface area contributed by atoms with Crippen molar-refractivity contribution in [2.45, 2.75) is 39.0 Å². The van der Waals surface area contributed by atoms with Crippen molar-refractivity contribution in [1.29, 1.82) is 0 Å². The van der Waals surface area contributed by atoms with Gasteiger partial charge < -0.3 is 19.7 Å². The molecule has 2 N–H and O–H groups in total. The van der Waals surface area contributed by atoms with E-state index in [1.165, 1.54) is 0 Å². The summed E-state index contributed by atoms with van der Waals surface area (Å²) in [6.45, 7) is 7.81. The third-order valence-corrected chi connectivity index (χ3v) is 5.35. The van der Waals surface area contributed by atoms with Crippen molar-refractivity contribution in [3.8, 4) is 5.75 Å². The van der Waals surface area contributed by atoms with E-state index in [0.29, 0.717) is 11.6 Å². The van der Waals surface area contributed by atoms with Crippen LogP contribution in [0.25, 0.3) is 10.9 Å². The number of amides is 1. The van der Waals surface area contributed by atoms with Crippen LogP contribution in [0.4, 0.5) is 0 Å². The number of hydrogen-bond acceptors (Lipinski definition) is 4. The van der Waals surface area contributed by atoms with Crippen LogP contribution in [-0.2, 0) is 11.8 Å². The molecule has 3 rings (SSSR count). The third kappa shape index (κ3) is 3.12. The van der Waals surface area contributed by atoms with Crippen molar-refractivity contribution in [3.05, 3.63) is 29.5 Å². The van der Waals surface area contributed by atoms with E-state index in [1.807, 2.05) is 24.6 Å². The number of nitrogens with one attached hydrogen (secondary N) is 1. The number of fused-ring (bicyclic) bond motifs is 1. The number of aryl methyl sites for hydroxylation is 1. The summed E-state index contributed by atoms with van der Waals surface area (Å²) in [5, 5.41) is 13.7. The summed E-state index contributed by atoms with van der Waals surface area (Å²) in [4.78, 5) is 15.3. The van der Waals surface area contributed by atoms with Crippen molar-refractivity contribution in [2.24, 2.45) is 7.05 Å². The molecule has 2 unspecified atom stereocenters. The fourth-order valence-corrected chi connectivity index (χ4v) is 3.69. The highest BCUT2D eigenvalue weighted by Gasteiger charge is 2.35. The van der Waals surface area contributed by atoms with Gasteiger partial charge in [0.25, 0.3) is 5.91 Å². The van der Waals surface area contributed by atoms with Crippen LogP contribution in [0, 0.1) is 6.92 Å². The highest BCUT2D eigenvalue weighted by atomic mass is 16.5. The normalized spacial score (nSPS) is 21.4. The lowest BCUT2D eigenvalue weighted by atomic mass is 10.1. The Morgan fingerprint density at radius 2 is 2.08 bits per heavy atom. The molecule has 1 aliphatic heterocycles. The highest BCUT2D eigenvalue weighted by molar-refractivity contribution is 6.08. The molecule has 0 saturated carbocycles. The lowest BCUT2D eigenvalue weighted by Crippen LogP contribution is -2.44. The molecule has 2 aromatic rings. The van der Waals surface area contributed by atoms with Gasteiger partial charge in [-0.25, -0.2) is 0 Å². The number of hydrogen-bond donors (Lipinski definition) is 2. The Kier molecular flexibility index (Phi) is 4.75. The van der Waals surface area contributed by atoms with E-state index in [9.17, 15) is 9.90 Å². The van der Waals surface area contributed by atoms with Gasteiger partial charge in [0.2, 0.25) is 0 Å². The van der Waals surface area contributed by atoms with E-state index < -0.39 is 0 Å². The minimum absolute atomic E-state index is 0.0185. The predicted octanol–water partition coefficient (Wildman–Crippen LogP) is 2.03. The largest absolute Gasteiger partial charge is 0.508 e. The van der Waals surface area contributed by atoms with Crippen LogP contribution < -0.4 is 5.32 Å². The summed E-state index contributed by atoms with van der Waals surface area (Å²) >= 11 is 0. The smallest absolute Gasteiger partial charge is 0.254 e. The number of rotatable bonds is 4. The number of phenolic OH excluding ortho intramolecular Hbond substituents is 1. The summed E-state index contributed by atoms with van der Waals surface area (Å²) in [6, 6.07) is 5.49. The number of methoxy groups -OCH3 is 1. The quantitative estimate of drug-likeness (QED) is 0.890. The van der Waals surface area contributed by atoms with E-state index in [0.717, 1.165) is 29.7 Å². The molecular weight excluding hydrogens is 318 g/mol. The minimum atomic E-state index is -0.119. The van der Waals surface area contributed by atoms with E-state index >= 15 is 0 Å². The molecule has 1 aromatic heterocycles. The van der Waals surface area contributed by atoms with E-state index in [4.69, 9.17) is 4.74 Å². The van der Waals surface area contributed by atoms with Gasteiger partial charge in [-0.2, -0.15) is 0 Å². The summed E-state index contributed by atoms with van der Waals surface area (Å²) in [6.07, 6.45) is -0.0185. The van der Waals surface area contributed by atoms with Crippen molar-refractivity contribution >= 4 is 16.8 Å². The van der Waals surface area contributed by atoms with Gasteiger partial charge >= 0.3 is 0 Å². The lowest BCUT2D eigenvalue weighted by molar-refractivity contribution is 0.0753. The summed E-state index contributed by atoms with van der Waals surface area (Å²) in [5.41, 5.74) is 2.43. The Hall–Kier alpha value is -2.05. The third-order valence-electron chi connectivity index (χ3n) is 5.35. The second-order valence-electron chi connectivity index (χ2n) is 7.12. The summed E-state index contributed by atoms with van der Waals surface area (Å²) in [5.74, 6) is 0.0418. The fourth-order valence-electron chi connectivity index (χ4n) is 3.69. The number of ether oxygens (including phenoxy) is 1. The molecular formula is C19H27N3O3. The first-order chi connectivity index (χ1) is 11.8. The van der Waals surface area contributed by atoms with Crippen LogP contribution in [0.5, 0.6) is 5.75 Å². The standard InChI is InChI=1S/C19H27N3O3/c1-11(2)22-9-15(17(10-22)25-5)20-19(24)18-12(3)21(4)16-7-6-13(23)8-14(16)18/h6-8,11,15,17,23H,9-10H2,1-5H3,(H,20,24). The molecule has 6 nitrogen and oxygen atoms in total. The average Bonchev–Trinajstić information content (AvgIpc) is 3.07. The van der Waals surface area contributed by atoms with Crippen molar-refractivity contribution in [3.63, 3.8) is 0 Å². The Labute approximate surface area is 148 Å². The molecule has 0 aliphatic carbocycles. The molecule has 1 aromatic carbocycles. The topological polar surface area (TPSA) is 66.7 Å². The molecule has 25 heavy (non-hydrogen) atoms. The van der Waals surface area contributed by atoms with Gasteiger partial charge in [-0.15, -0.1) is 0 Å². The maximum atomic E-state index is 13.0. The second kappa shape index (κ2) is 6.69. The molecule has 1 fully saturated rings. The number of carbonyl (C=O) groups excluding carboxylic acids is 1. The van der Waals surface area contributed by atoms with Gasteiger partial charge in [-0.3, -0.25) is 9.69 Å². The number of aromatic nitrogens is 1. The second-order valence-corrected chi connectivity index (χ2v) is 7.12. The Morgan fingerprint density at radius 3 is 2.72 bits per heavy atom. The number of likely N-dealkylation sites (tertiary alicyclic amines) is 1. The van der Waals surface area contributed by atoms with Crippen LogP contribution in [0.3, 0.4) is 0 Å². The molecule has 0 radical (unpaired) electrons.